The molecule has 2 aromatic rings. The quantitative estimate of drug-likeness (QED) is 0.734. The van der Waals surface area contributed by atoms with E-state index in [-0.39, 0.29) is 17.4 Å². The summed E-state index contributed by atoms with van der Waals surface area (Å²) in [6.07, 6.45) is 1.53. The van der Waals surface area contributed by atoms with E-state index in [0.717, 1.165) is 23.8 Å². The third-order valence-corrected chi connectivity index (χ3v) is 6.22. The van der Waals surface area contributed by atoms with E-state index >= 15 is 0 Å². The van der Waals surface area contributed by atoms with Crippen molar-refractivity contribution in [3.63, 3.8) is 0 Å². The summed E-state index contributed by atoms with van der Waals surface area (Å²) in [5.41, 5.74) is 0.996. The van der Waals surface area contributed by atoms with Crippen LogP contribution < -0.4 is 10.5 Å². The highest BCUT2D eigenvalue weighted by atomic mass is 35.5. The van der Waals surface area contributed by atoms with Gasteiger partial charge in [0.2, 0.25) is 5.91 Å². The first-order chi connectivity index (χ1) is 12.6. The largest absolute Gasteiger partial charge is 0.368 e. The molecule has 1 aromatic heterocycles. The molecule has 1 unspecified atom stereocenters. The molecule has 1 fully saturated rings. The summed E-state index contributed by atoms with van der Waals surface area (Å²) < 4.78 is 1.61. The van der Waals surface area contributed by atoms with Gasteiger partial charge in [0, 0.05) is 61.4 Å². The second-order valence-corrected chi connectivity index (χ2v) is 7.90. The smallest absolute Gasteiger partial charge is 0.254 e. The average molecular weight is 391 g/mol. The lowest BCUT2D eigenvalue weighted by atomic mass is 10.1. The molecule has 136 valence electrons. The van der Waals surface area contributed by atoms with Crippen molar-refractivity contribution in [2.45, 2.75) is 11.7 Å². The minimum Gasteiger partial charge on any atom is -0.368 e. The molecule has 0 bridgehead atoms. The minimum atomic E-state index is -0.174. The Morgan fingerprint density at radius 1 is 1.19 bits per heavy atom. The molecule has 4 rings (SSSR count). The Hall–Kier alpha value is -1.99. The highest BCUT2D eigenvalue weighted by Crippen LogP contribution is 2.27. The van der Waals surface area contributed by atoms with E-state index in [9.17, 15) is 9.59 Å². The normalized spacial score (nSPS) is 20.0. The zero-order valence-corrected chi connectivity index (χ0v) is 15.7. The topological polar surface area (TPSA) is 58.4 Å². The maximum Gasteiger partial charge on any atom is 0.254 e. The van der Waals surface area contributed by atoms with Crippen LogP contribution in [0.2, 0.25) is 5.02 Å². The molecule has 1 atom stereocenters. The molecular weight excluding hydrogens is 372 g/mol. The van der Waals surface area contributed by atoms with E-state index in [1.807, 2.05) is 29.2 Å². The lowest BCUT2D eigenvalue weighted by Gasteiger charge is -2.38. The van der Waals surface area contributed by atoms with Gasteiger partial charge < -0.3 is 9.80 Å². The Balaban J connectivity index is 1.40. The van der Waals surface area contributed by atoms with Crippen LogP contribution in [0.5, 0.6) is 0 Å². The van der Waals surface area contributed by atoms with Crippen molar-refractivity contribution in [3.8, 4) is 0 Å². The number of thioether (sulfide) groups is 1. The van der Waals surface area contributed by atoms with E-state index in [4.69, 9.17) is 11.6 Å². The van der Waals surface area contributed by atoms with Crippen LogP contribution in [0.25, 0.3) is 0 Å². The molecule has 2 aliphatic heterocycles. The van der Waals surface area contributed by atoms with Gasteiger partial charge in [-0.3, -0.25) is 14.2 Å². The fourth-order valence-corrected chi connectivity index (χ4v) is 4.65. The van der Waals surface area contributed by atoms with Gasteiger partial charge in [-0.1, -0.05) is 29.4 Å². The summed E-state index contributed by atoms with van der Waals surface area (Å²) in [5.74, 6) is 0.626. The van der Waals surface area contributed by atoms with Gasteiger partial charge in [-0.05, 0) is 18.2 Å². The standard InChI is InChI=1S/C18H19ClN4O2S/c19-14-2-1-3-15(10-14)21-6-8-22(9-7-21)17(25)13-11-23-16(24)4-5-20-18(23)26-12-13/h1-5,10,13H,6-9,11-12H2. The van der Waals surface area contributed by atoms with Crippen LogP contribution in [-0.4, -0.2) is 52.3 Å². The summed E-state index contributed by atoms with van der Waals surface area (Å²) >= 11 is 7.55. The van der Waals surface area contributed by atoms with Gasteiger partial charge >= 0.3 is 0 Å². The first-order valence-corrected chi connectivity index (χ1v) is 9.96. The Kier molecular flexibility index (Phi) is 4.91. The van der Waals surface area contributed by atoms with E-state index in [2.05, 4.69) is 9.88 Å². The summed E-state index contributed by atoms with van der Waals surface area (Å²) in [7, 11) is 0. The van der Waals surface area contributed by atoms with Crippen LogP contribution in [0.3, 0.4) is 0 Å². The molecule has 0 saturated carbocycles. The molecular formula is C18H19ClN4O2S. The van der Waals surface area contributed by atoms with Crippen LogP contribution in [0.4, 0.5) is 5.69 Å². The molecule has 0 N–H and O–H groups in total. The number of rotatable bonds is 2. The third kappa shape index (κ3) is 3.46. The molecule has 0 spiro atoms. The van der Waals surface area contributed by atoms with Gasteiger partial charge in [-0.15, -0.1) is 0 Å². The Morgan fingerprint density at radius 3 is 2.77 bits per heavy atom. The Bertz CT molecular complexity index is 879. The Labute approximate surface area is 160 Å². The number of hydrogen-bond donors (Lipinski definition) is 0. The molecule has 8 heteroatoms. The number of hydrogen-bond acceptors (Lipinski definition) is 5. The number of aromatic nitrogens is 2. The van der Waals surface area contributed by atoms with Crippen molar-refractivity contribution in [1.82, 2.24) is 14.5 Å². The maximum absolute atomic E-state index is 12.9. The summed E-state index contributed by atoms with van der Waals surface area (Å²) in [5, 5.41) is 1.42. The fourth-order valence-electron chi connectivity index (χ4n) is 3.42. The van der Waals surface area contributed by atoms with E-state index < -0.39 is 0 Å². The zero-order valence-electron chi connectivity index (χ0n) is 14.2. The molecule has 26 heavy (non-hydrogen) atoms. The van der Waals surface area contributed by atoms with Gasteiger partial charge in [0.25, 0.3) is 5.56 Å². The predicted octanol–water partition coefficient (Wildman–Crippen LogP) is 1.97. The number of piperazine rings is 1. The summed E-state index contributed by atoms with van der Waals surface area (Å²) in [6, 6.07) is 9.24. The molecule has 6 nitrogen and oxygen atoms in total. The lowest BCUT2D eigenvalue weighted by Crippen LogP contribution is -2.52. The first-order valence-electron chi connectivity index (χ1n) is 8.60. The van der Waals surface area contributed by atoms with Crippen molar-refractivity contribution in [1.29, 1.82) is 0 Å². The van der Waals surface area contributed by atoms with E-state index in [0.29, 0.717) is 30.5 Å². The highest BCUT2D eigenvalue weighted by Gasteiger charge is 2.31. The van der Waals surface area contributed by atoms with Gasteiger partial charge in [0.1, 0.15) is 0 Å². The molecule has 1 aromatic carbocycles. The van der Waals surface area contributed by atoms with Crippen LogP contribution >= 0.6 is 23.4 Å². The average Bonchev–Trinajstić information content (AvgIpc) is 2.68. The van der Waals surface area contributed by atoms with E-state index in [1.165, 1.54) is 24.0 Å². The molecule has 3 heterocycles. The van der Waals surface area contributed by atoms with Crippen LogP contribution in [0.15, 0.2) is 46.5 Å². The van der Waals surface area contributed by atoms with Crippen LogP contribution in [0, 0.1) is 5.92 Å². The summed E-state index contributed by atoms with van der Waals surface area (Å²) in [6.45, 7) is 3.35. The number of carbonyl (C=O) groups is 1. The number of amides is 1. The number of anilines is 1. The number of benzene rings is 1. The van der Waals surface area contributed by atoms with Gasteiger partial charge in [-0.2, -0.15) is 0 Å². The second-order valence-electron chi connectivity index (χ2n) is 6.48. The number of nitrogens with zero attached hydrogens (tertiary/aromatic N) is 4. The van der Waals surface area contributed by atoms with Crippen LogP contribution in [-0.2, 0) is 11.3 Å². The van der Waals surface area contributed by atoms with Crippen LogP contribution in [0.1, 0.15) is 0 Å². The van der Waals surface area contributed by atoms with Crippen molar-refractivity contribution in [2.24, 2.45) is 5.92 Å². The number of carbonyl (C=O) groups excluding carboxylic acids is 1. The van der Waals surface area contributed by atoms with Gasteiger partial charge in [0.05, 0.1) is 5.92 Å². The SMILES string of the molecule is O=C(C1CSc2nccc(=O)n2C1)N1CCN(c2cccc(Cl)c2)CC1. The Morgan fingerprint density at radius 2 is 2.00 bits per heavy atom. The third-order valence-electron chi connectivity index (χ3n) is 4.83. The molecule has 2 aliphatic rings. The van der Waals surface area contributed by atoms with E-state index in [1.54, 1.807) is 4.57 Å². The van der Waals surface area contributed by atoms with Gasteiger partial charge in [0.15, 0.2) is 5.16 Å². The molecule has 1 amide bonds. The molecule has 1 saturated heterocycles. The zero-order chi connectivity index (χ0) is 18.1. The van der Waals surface area contributed by atoms with Gasteiger partial charge in [-0.25, -0.2) is 4.98 Å². The van der Waals surface area contributed by atoms with Crippen molar-refractivity contribution < 1.29 is 4.79 Å². The lowest BCUT2D eigenvalue weighted by molar-refractivity contribution is -0.135. The molecule has 0 aliphatic carbocycles. The monoisotopic (exact) mass is 390 g/mol. The fraction of sp³-hybridized carbons (Fsp3) is 0.389. The predicted molar refractivity (Wildman–Crippen MR) is 103 cm³/mol. The second kappa shape index (κ2) is 7.32. The first kappa shape index (κ1) is 17.4. The minimum absolute atomic E-state index is 0.0919. The van der Waals surface area contributed by atoms with Crippen molar-refractivity contribution in [3.05, 3.63) is 51.9 Å². The van der Waals surface area contributed by atoms with Crippen molar-refractivity contribution in [2.75, 3.05) is 36.8 Å². The number of halogens is 1. The summed E-state index contributed by atoms with van der Waals surface area (Å²) in [4.78, 5) is 33.3. The molecule has 0 radical (unpaired) electrons. The number of fused-ring (bicyclic) bond motifs is 1. The highest BCUT2D eigenvalue weighted by molar-refractivity contribution is 7.99. The van der Waals surface area contributed by atoms with Crippen molar-refractivity contribution >= 4 is 35.0 Å². The maximum atomic E-state index is 12.9.